The summed E-state index contributed by atoms with van der Waals surface area (Å²) in [5.41, 5.74) is 1.38. The minimum Gasteiger partial charge on any atom is -0.496 e. The van der Waals surface area contributed by atoms with Gasteiger partial charge in [-0.3, -0.25) is 4.79 Å². The lowest BCUT2D eigenvalue weighted by Gasteiger charge is -2.20. The molecule has 0 bridgehead atoms. The number of hydrogen-bond acceptors (Lipinski definition) is 2. The van der Waals surface area contributed by atoms with E-state index in [1.165, 1.54) is 0 Å². The molecule has 0 atom stereocenters. The van der Waals surface area contributed by atoms with Crippen LogP contribution in [0.3, 0.4) is 0 Å². The lowest BCUT2D eigenvalue weighted by Crippen LogP contribution is -2.26. The van der Waals surface area contributed by atoms with Gasteiger partial charge >= 0.3 is 5.97 Å². The Bertz CT molecular complexity index is 433. The summed E-state index contributed by atoms with van der Waals surface area (Å²) in [7, 11) is 1.65. The molecule has 0 heterocycles. The molecule has 0 amide bonds. The molecule has 1 rings (SSSR count). The average Bonchev–Trinajstić information content (AvgIpc) is 2.27. The zero-order valence-corrected chi connectivity index (χ0v) is 11.8. The molecule has 0 saturated heterocycles. The van der Waals surface area contributed by atoms with Crippen LogP contribution in [0.25, 0.3) is 0 Å². The monoisotopic (exact) mass is 250 g/mol. The van der Waals surface area contributed by atoms with Crippen molar-refractivity contribution < 1.29 is 14.6 Å². The Balaban J connectivity index is 3.03. The van der Waals surface area contributed by atoms with Crippen LogP contribution in [0.2, 0.25) is 0 Å². The van der Waals surface area contributed by atoms with Crippen molar-refractivity contribution in [1.29, 1.82) is 0 Å². The van der Waals surface area contributed by atoms with Crippen molar-refractivity contribution in [2.45, 2.75) is 40.0 Å². The van der Waals surface area contributed by atoms with E-state index in [4.69, 9.17) is 9.84 Å². The van der Waals surface area contributed by atoms with E-state index in [0.29, 0.717) is 12.3 Å². The standard InChI is InChI=1S/C15H22O3/c1-10(2)12-7-6-11(8-13(12)18-5)9-15(3,4)14(16)17/h6-8,10H,9H2,1-5H3,(H,16,17). The molecular weight excluding hydrogens is 228 g/mol. The first kappa shape index (κ1) is 14.6. The third kappa shape index (κ3) is 3.25. The van der Waals surface area contributed by atoms with Crippen LogP contribution in [0, 0.1) is 5.41 Å². The van der Waals surface area contributed by atoms with Crippen LogP contribution in [0.4, 0.5) is 0 Å². The van der Waals surface area contributed by atoms with Gasteiger partial charge < -0.3 is 9.84 Å². The highest BCUT2D eigenvalue weighted by molar-refractivity contribution is 5.74. The number of carboxylic acids is 1. The van der Waals surface area contributed by atoms with Gasteiger partial charge in [0.1, 0.15) is 5.75 Å². The molecule has 0 fully saturated rings. The van der Waals surface area contributed by atoms with Gasteiger partial charge in [0.25, 0.3) is 0 Å². The zero-order chi connectivity index (χ0) is 13.9. The Hall–Kier alpha value is -1.51. The third-order valence-corrected chi connectivity index (χ3v) is 3.14. The molecule has 0 unspecified atom stereocenters. The first-order valence-electron chi connectivity index (χ1n) is 6.18. The number of carbonyl (C=O) groups is 1. The van der Waals surface area contributed by atoms with Gasteiger partial charge in [0.2, 0.25) is 0 Å². The zero-order valence-electron chi connectivity index (χ0n) is 11.8. The Kier molecular flexibility index (Phi) is 4.38. The topological polar surface area (TPSA) is 46.5 Å². The highest BCUT2D eigenvalue weighted by atomic mass is 16.5. The van der Waals surface area contributed by atoms with Gasteiger partial charge in [-0.25, -0.2) is 0 Å². The van der Waals surface area contributed by atoms with Crippen LogP contribution in [0.15, 0.2) is 18.2 Å². The summed E-state index contributed by atoms with van der Waals surface area (Å²) < 4.78 is 5.37. The largest absolute Gasteiger partial charge is 0.496 e. The predicted octanol–water partition coefficient (Wildman–Crippen LogP) is 3.47. The van der Waals surface area contributed by atoms with Gasteiger partial charge in [-0.2, -0.15) is 0 Å². The number of ether oxygens (including phenoxy) is 1. The quantitative estimate of drug-likeness (QED) is 0.870. The number of aliphatic carboxylic acids is 1. The summed E-state index contributed by atoms with van der Waals surface area (Å²) in [6.45, 7) is 7.69. The van der Waals surface area contributed by atoms with Crippen LogP contribution in [0.5, 0.6) is 5.75 Å². The van der Waals surface area contributed by atoms with Gasteiger partial charge in [0.05, 0.1) is 12.5 Å². The van der Waals surface area contributed by atoms with Crippen LogP contribution < -0.4 is 4.74 Å². The Morgan fingerprint density at radius 3 is 2.44 bits per heavy atom. The van der Waals surface area contributed by atoms with Crippen molar-refractivity contribution in [1.82, 2.24) is 0 Å². The first-order chi connectivity index (χ1) is 8.27. The highest BCUT2D eigenvalue weighted by Gasteiger charge is 2.27. The molecule has 3 nitrogen and oxygen atoms in total. The van der Waals surface area contributed by atoms with Gasteiger partial charge in [-0.15, -0.1) is 0 Å². The normalized spacial score (nSPS) is 11.7. The second-order valence-corrected chi connectivity index (χ2v) is 5.60. The Morgan fingerprint density at radius 1 is 1.39 bits per heavy atom. The second kappa shape index (κ2) is 5.42. The van der Waals surface area contributed by atoms with Gasteiger partial charge in [0.15, 0.2) is 0 Å². The van der Waals surface area contributed by atoms with Crippen molar-refractivity contribution in [3.63, 3.8) is 0 Å². The van der Waals surface area contributed by atoms with E-state index in [0.717, 1.165) is 16.9 Å². The number of rotatable bonds is 5. The maximum Gasteiger partial charge on any atom is 0.309 e. The maximum atomic E-state index is 11.1. The smallest absolute Gasteiger partial charge is 0.309 e. The summed E-state index contributed by atoms with van der Waals surface area (Å²) in [5.74, 6) is 0.444. The van der Waals surface area contributed by atoms with E-state index in [9.17, 15) is 4.79 Å². The summed E-state index contributed by atoms with van der Waals surface area (Å²) in [6.07, 6.45) is 0.497. The molecule has 0 aliphatic heterocycles. The highest BCUT2D eigenvalue weighted by Crippen LogP contribution is 2.30. The molecule has 0 aliphatic carbocycles. The lowest BCUT2D eigenvalue weighted by molar-refractivity contribution is -0.146. The third-order valence-electron chi connectivity index (χ3n) is 3.14. The van der Waals surface area contributed by atoms with Gasteiger partial charge in [0, 0.05) is 0 Å². The molecule has 0 aliphatic rings. The first-order valence-corrected chi connectivity index (χ1v) is 6.18. The van der Waals surface area contributed by atoms with E-state index in [2.05, 4.69) is 13.8 Å². The SMILES string of the molecule is COc1cc(CC(C)(C)C(=O)O)ccc1C(C)C. The van der Waals surface area contributed by atoms with E-state index >= 15 is 0 Å². The molecule has 100 valence electrons. The fourth-order valence-corrected chi connectivity index (χ4v) is 1.93. The van der Waals surface area contributed by atoms with Crippen LogP contribution >= 0.6 is 0 Å². The van der Waals surface area contributed by atoms with Gasteiger partial charge in [-0.1, -0.05) is 26.0 Å². The number of methoxy groups -OCH3 is 1. The average molecular weight is 250 g/mol. The maximum absolute atomic E-state index is 11.1. The van der Waals surface area contributed by atoms with Gasteiger partial charge in [-0.05, 0) is 43.4 Å². The molecule has 0 radical (unpaired) electrons. The molecule has 1 N–H and O–H groups in total. The minimum absolute atomic E-state index is 0.390. The molecule has 0 aromatic heterocycles. The summed E-state index contributed by atoms with van der Waals surface area (Å²) in [5, 5.41) is 9.14. The Labute approximate surface area is 109 Å². The summed E-state index contributed by atoms with van der Waals surface area (Å²) >= 11 is 0. The van der Waals surface area contributed by atoms with E-state index in [1.807, 2.05) is 18.2 Å². The van der Waals surface area contributed by atoms with E-state index < -0.39 is 11.4 Å². The minimum atomic E-state index is -0.783. The summed E-state index contributed by atoms with van der Waals surface area (Å²) in [6, 6.07) is 5.96. The number of hydrogen-bond donors (Lipinski definition) is 1. The molecule has 1 aromatic rings. The molecule has 1 aromatic carbocycles. The fraction of sp³-hybridized carbons (Fsp3) is 0.533. The van der Waals surface area contributed by atoms with E-state index in [1.54, 1.807) is 21.0 Å². The van der Waals surface area contributed by atoms with E-state index in [-0.39, 0.29) is 0 Å². The van der Waals surface area contributed by atoms with Crippen molar-refractivity contribution in [3.05, 3.63) is 29.3 Å². The second-order valence-electron chi connectivity index (χ2n) is 5.60. The summed E-state index contributed by atoms with van der Waals surface area (Å²) in [4.78, 5) is 11.1. The van der Waals surface area contributed by atoms with Crippen molar-refractivity contribution in [3.8, 4) is 5.75 Å². The molecule has 0 saturated carbocycles. The Morgan fingerprint density at radius 2 is 2.00 bits per heavy atom. The van der Waals surface area contributed by atoms with Crippen molar-refractivity contribution in [2.24, 2.45) is 5.41 Å². The lowest BCUT2D eigenvalue weighted by atomic mass is 9.85. The molecule has 3 heteroatoms. The number of carboxylic acid groups (broad SMARTS) is 1. The van der Waals surface area contributed by atoms with Crippen LogP contribution in [-0.4, -0.2) is 18.2 Å². The molecule has 18 heavy (non-hydrogen) atoms. The predicted molar refractivity (Wildman–Crippen MR) is 72.2 cm³/mol. The number of benzene rings is 1. The molecule has 0 spiro atoms. The van der Waals surface area contributed by atoms with Crippen LogP contribution in [0.1, 0.15) is 44.7 Å². The van der Waals surface area contributed by atoms with Crippen molar-refractivity contribution >= 4 is 5.97 Å². The fourth-order valence-electron chi connectivity index (χ4n) is 1.93. The molecular formula is C15H22O3. The van der Waals surface area contributed by atoms with Crippen LogP contribution in [-0.2, 0) is 11.2 Å². The van der Waals surface area contributed by atoms with Crippen molar-refractivity contribution in [2.75, 3.05) is 7.11 Å².